The third-order valence-corrected chi connectivity index (χ3v) is 4.99. The van der Waals surface area contributed by atoms with E-state index in [0.29, 0.717) is 24.1 Å². The van der Waals surface area contributed by atoms with Gasteiger partial charge in [-0.05, 0) is 40.2 Å². The van der Waals surface area contributed by atoms with Gasteiger partial charge in [-0.15, -0.1) is 0 Å². The Hall–Kier alpha value is -3.29. The molecule has 1 aromatic carbocycles. The minimum atomic E-state index is -1.84. The van der Waals surface area contributed by atoms with Crippen molar-refractivity contribution in [1.82, 2.24) is 0 Å². The van der Waals surface area contributed by atoms with Gasteiger partial charge >= 0.3 is 11.9 Å². The normalized spacial score (nSPS) is 20.4. The maximum absolute atomic E-state index is 13.6. The maximum atomic E-state index is 13.6. The Morgan fingerprint density at radius 1 is 1.13 bits per heavy atom. The molecule has 0 aromatic heterocycles. The molecule has 0 bridgehead atoms. The molecule has 1 aromatic rings. The first-order chi connectivity index (χ1) is 14.6. The Morgan fingerprint density at radius 3 is 2.42 bits per heavy atom. The molecule has 3 N–H and O–H groups in total. The molecule has 31 heavy (non-hydrogen) atoms. The van der Waals surface area contributed by atoms with E-state index in [2.05, 4.69) is 5.32 Å². The summed E-state index contributed by atoms with van der Waals surface area (Å²) in [5.41, 5.74) is 4.13. The molecule has 3 rings (SSSR count). The van der Waals surface area contributed by atoms with Crippen LogP contribution in [0, 0.1) is 0 Å². The number of carbonyl (C=O) groups excluding carboxylic acids is 3. The first-order valence-corrected chi connectivity index (χ1v) is 10.3. The number of nitrogens with two attached hydrogens (primary N) is 1. The van der Waals surface area contributed by atoms with Crippen LogP contribution >= 0.6 is 0 Å². The van der Waals surface area contributed by atoms with E-state index in [-0.39, 0.29) is 29.4 Å². The smallest absolute Gasteiger partial charge is 0.341 e. The third kappa shape index (κ3) is 3.66. The number of hydrogen-bond acceptors (Lipinski definition) is 7. The predicted molar refractivity (Wildman–Crippen MR) is 113 cm³/mol. The molecule has 0 saturated heterocycles. The monoisotopic (exact) mass is 428 g/mol. The van der Waals surface area contributed by atoms with Crippen LogP contribution in [-0.4, -0.2) is 30.1 Å². The summed E-state index contributed by atoms with van der Waals surface area (Å²) in [6, 6.07) is 6.85. The SMILES string of the molecule is CCCC1=C(C(=O)OC(C)(C)C)C2(C(=O)Nc3ccccc32)C(C(=O)OCC)=C(N)O1. The molecule has 2 aliphatic heterocycles. The van der Waals surface area contributed by atoms with Crippen LogP contribution in [0.25, 0.3) is 0 Å². The topological polar surface area (TPSA) is 117 Å². The fourth-order valence-electron chi connectivity index (χ4n) is 3.96. The average molecular weight is 428 g/mol. The predicted octanol–water partition coefficient (Wildman–Crippen LogP) is 3.04. The fourth-order valence-corrected chi connectivity index (χ4v) is 3.96. The van der Waals surface area contributed by atoms with Crippen LogP contribution in [0.2, 0.25) is 0 Å². The molecule has 166 valence electrons. The van der Waals surface area contributed by atoms with E-state index in [9.17, 15) is 14.4 Å². The van der Waals surface area contributed by atoms with Gasteiger partial charge in [-0.2, -0.15) is 0 Å². The molecule has 0 saturated carbocycles. The molecule has 1 spiro atoms. The summed E-state index contributed by atoms with van der Waals surface area (Å²) in [5, 5.41) is 2.78. The lowest BCUT2D eigenvalue weighted by atomic mass is 9.67. The van der Waals surface area contributed by atoms with Crippen molar-refractivity contribution in [2.75, 3.05) is 11.9 Å². The first-order valence-electron chi connectivity index (χ1n) is 10.3. The van der Waals surface area contributed by atoms with Crippen molar-refractivity contribution in [1.29, 1.82) is 0 Å². The number of benzene rings is 1. The van der Waals surface area contributed by atoms with Gasteiger partial charge in [0, 0.05) is 17.7 Å². The minimum absolute atomic E-state index is 0.0519. The zero-order valence-corrected chi connectivity index (χ0v) is 18.5. The van der Waals surface area contributed by atoms with Gasteiger partial charge in [0.2, 0.25) is 11.8 Å². The van der Waals surface area contributed by atoms with Crippen molar-refractivity contribution in [3.8, 4) is 0 Å². The van der Waals surface area contributed by atoms with Crippen LogP contribution in [0.3, 0.4) is 0 Å². The molecule has 1 amide bonds. The summed E-state index contributed by atoms with van der Waals surface area (Å²) in [4.78, 5) is 40.1. The van der Waals surface area contributed by atoms with Gasteiger partial charge < -0.3 is 25.3 Å². The number of para-hydroxylation sites is 1. The highest BCUT2D eigenvalue weighted by molar-refractivity contribution is 6.21. The molecule has 1 atom stereocenters. The second-order valence-electron chi connectivity index (χ2n) is 8.36. The van der Waals surface area contributed by atoms with E-state index in [1.165, 1.54) is 0 Å². The second-order valence-corrected chi connectivity index (χ2v) is 8.36. The highest BCUT2D eigenvalue weighted by Gasteiger charge is 2.62. The first kappa shape index (κ1) is 22.4. The Kier molecular flexibility index (Phi) is 5.85. The molecule has 1 unspecified atom stereocenters. The number of amides is 1. The van der Waals surface area contributed by atoms with Crippen molar-refractivity contribution in [3.05, 3.63) is 52.6 Å². The second kappa shape index (κ2) is 8.09. The summed E-state index contributed by atoms with van der Waals surface area (Å²) in [5.74, 6) is -2.23. The molecule has 2 aliphatic rings. The van der Waals surface area contributed by atoms with E-state index < -0.39 is 28.9 Å². The molecule has 0 radical (unpaired) electrons. The molecule has 0 fully saturated rings. The number of ether oxygens (including phenoxy) is 3. The van der Waals surface area contributed by atoms with Gasteiger partial charge in [0.25, 0.3) is 0 Å². The van der Waals surface area contributed by atoms with Crippen LogP contribution < -0.4 is 11.1 Å². The largest absolute Gasteiger partial charge is 0.462 e. The van der Waals surface area contributed by atoms with Crippen molar-refractivity contribution < 1.29 is 28.6 Å². The maximum Gasteiger partial charge on any atom is 0.341 e. The zero-order valence-electron chi connectivity index (χ0n) is 18.5. The van der Waals surface area contributed by atoms with Gasteiger partial charge in [-0.25, -0.2) is 9.59 Å². The molecule has 8 heteroatoms. The van der Waals surface area contributed by atoms with Crippen LogP contribution in [-0.2, 0) is 34.0 Å². The Balaban J connectivity index is 2.39. The van der Waals surface area contributed by atoms with E-state index in [1.807, 2.05) is 6.92 Å². The van der Waals surface area contributed by atoms with E-state index in [4.69, 9.17) is 19.9 Å². The molecule has 8 nitrogen and oxygen atoms in total. The van der Waals surface area contributed by atoms with Crippen molar-refractivity contribution in [2.45, 2.75) is 58.5 Å². The van der Waals surface area contributed by atoms with Gasteiger partial charge in [0.15, 0.2) is 0 Å². The summed E-state index contributed by atoms with van der Waals surface area (Å²) in [7, 11) is 0. The van der Waals surface area contributed by atoms with Crippen LogP contribution in [0.1, 0.15) is 53.0 Å². The number of anilines is 1. The number of esters is 2. The molecule has 2 heterocycles. The number of carbonyl (C=O) groups is 3. The van der Waals surface area contributed by atoms with E-state index >= 15 is 0 Å². The van der Waals surface area contributed by atoms with E-state index in [1.54, 1.807) is 52.0 Å². The van der Waals surface area contributed by atoms with Crippen molar-refractivity contribution >= 4 is 23.5 Å². The summed E-state index contributed by atoms with van der Waals surface area (Å²) >= 11 is 0. The van der Waals surface area contributed by atoms with Crippen molar-refractivity contribution in [3.63, 3.8) is 0 Å². The van der Waals surface area contributed by atoms with Gasteiger partial charge in [0.05, 0.1) is 6.61 Å². The minimum Gasteiger partial charge on any atom is -0.462 e. The lowest BCUT2D eigenvalue weighted by Crippen LogP contribution is -2.49. The number of allylic oxidation sites excluding steroid dienone is 1. The van der Waals surface area contributed by atoms with Gasteiger partial charge in [-0.1, -0.05) is 25.1 Å². The van der Waals surface area contributed by atoms with Gasteiger partial charge in [-0.3, -0.25) is 4.79 Å². The molecular weight excluding hydrogens is 400 g/mol. The van der Waals surface area contributed by atoms with Crippen molar-refractivity contribution in [2.24, 2.45) is 5.73 Å². The quantitative estimate of drug-likeness (QED) is 0.692. The van der Waals surface area contributed by atoms with E-state index in [0.717, 1.165) is 0 Å². The standard InChI is InChI=1S/C23H28N2O6/c1-6-10-15-16(20(27)31-22(3,4)5)23(17(18(24)30-15)19(26)29-7-2)13-11-8-9-12-14(13)25-21(23)28/h8-9,11-12H,6-7,10,24H2,1-5H3,(H,25,28). The van der Waals surface area contributed by atoms with Crippen LogP contribution in [0.4, 0.5) is 5.69 Å². The average Bonchev–Trinajstić information content (AvgIpc) is 2.93. The van der Waals surface area contributed by atoms with Crippen LogP contribution in [0.15, 0.2) is 47.1 Å². The van der Waals surface area contributed by atoms with Crippen LogP contribution in [0.5, 0.6) is 0 Å². The number of hydrogen-bond donors (Lipinski definition) is 2. The Labute approximate surface area is 181 Å². The number of fused-ring (bicyclic) bond motifs is 2. The summed E-state index contributed by atoms with van der Waals surface area (Å²) < 4.78 is 16.6. The zero-order chi connectivity index (χ0) is 23.0. The number of rotatable bonds is 5. The van der Waals surface area contributed by atoms with Gasteiger partial charge in [0.1, 0.15) is 27.9 Å². The third-order valence-electron chi connectivity index (χ3n) is 4.99. The Bertz CT molecular complexity index is 1000. The summed E-state index contributed by atoms with van der Waals surface area (Å²) in [6.45, 7) is 8.77. The molecular formula is C23H28N2O6. The molecule has 0 aliphatic carbocycles. The highest BCUT2D eigenvalue weighted by atomic mass is 16.6. The fraction of sp³-hybridized carbons (Fsp3) is 0.435. The summed E-state index contributed by atoms with van der Waals surface area (Å²) in [6.07, 6.45) is 0.936. The lowest BCUT2D eigenvalue weighted by molar-refractivity contribution is -0.152. The Morgan fingerprint density at radius 2 is 1.81 bits per heavy atom. The lowest BCUT2D eigenvalue weighted by Gasteiger charge is -2.37. The number of nitrogens with one attached hydrogen (secondary N) is 1. The highest BCUT2D eigenvalue weighted by Crippen LogP contribution is 2.53.